The number of halogens is 2. The molecule has 5 nitrogen and oxygen atoms in total. The second-order valence-corrected chi connectivity index (χ2v) is 4.88. The molecule has 1 unspecified atom stereocenters. The minimum Gasteiger partial charge on any atom is -0.504 e. The molecule has 0 bridgehead atoms. The molecule has 1 aromatic carbocycles. The van der Waals surface area contributed by atoms with Gasteiger partial charge in [0.2, 0.25) is 0 Å². The number of nitrogens with two attached hydrogens (primary N) is 1. The van der Waals surface area contributed by atoms with E-state index in [1.807, 2.05) is 0 Å². The van der Waals surface area contributed by atoms with E-state index < -0.39 is 18.6 Å². The molecule has 7 heteroatoms. The summed E-state index contributed by atoms with van der Waals surface area (Å²) < 4.78 is 33.0. The van der Waals surface area contributed by atoms with Gasteiger partial charge in [-0.3, -0.25) is 0 Å². The maximum atomic E-state index is 13.9. The molecule has 108 valence electrons. The topological polar surface area (TPSA) is 82.5 Å². The molecule has 0 radical (unpaired) electrons. The van der Waals surface area contributed by atoms with Crippen LogP contribution in [-0.4, -0.2) is 42.2 Å². The summed E-state index contributed by atoms with van der Waals surface area (Å²) in [7, 11) is 1.60. The smallest absolute Gasteiger partial charge is 0.296 e. The van der Waals surface area contributed by atoms with E-state index >= 15 is 0 Å². The van der Waals surface area contributed by atoms with Crippen LogP contribution in [0.3, 0.4) is 0 Å². The zero-order chi connectivity index (χ0) is 14.9. The second kappa shape index (κ2) is 5.13. The fourth-order valence-electron chi connectivity index (χ4n) is 2.20. The second-order valence-electron chi connectivity index (χ2n) is 4.88. The Hall–Kier alpha value is -2.07. The van der Waals surface area contributed by atoms with Gasteiger partial charge in [-0.15, -0.1) is 0 Å². The Labute approximate surface area is 115 Å². The number of nitriles is 1. The lowest BCUT2D eigenvalue weighted by molar-refractivity contribution is -0.135. The van der Waals surface area contributed by atoms with Crippen LogP contribution in [0.2, 0.25) is 0 Å². The highest BCUT2D eigenvalue weighted by atomic mass is 19.3. The standard InChI is InChI=1S/C13H15F2N3O2/c1-18-5-4-11(13(14,15)7-18)20-12-8(6-16)9(17)2-3-10(12)19/h2-3,11,19H,4-5,7,17H2,1H3. The number of phenolic OH excluding ortho intramolecular Hbond substituents is 1. The third kappa shape index (κ3) is 2.60. The molecule has 0 saturated carbocycles. The average Bonchev–Trinajstić information content (AvgIpc) is 2.36. The fraction of sp³-hybridized carbons (Fsp3) is 0.462. The van der Waals surface area contributed by atoms with Gasteiger partial charge in [-0.1, -0.05) is 0 Å². The van der Waals surface area contributed by atoms with Crippen LogP contribution in [-0.2, 0) is 0 Å². The van der Waals surface area contributed by atoms with E-state index in [1.54, 1.807) is 13.1 Å². The van der Waals surface area contributed by atoms with Gasteiger partial charge in [-0.25, -0.2) is 8.78 Å². The summed E-state index contributed by atoms with van der Waals surface area (Å²) in [5, 5.41) is 18.7. The Morgan fingerprint density at radius 2 is 2.25 bits per heavy atom. The van der Waals surface area contributed by atoms with Crippen molar-refractivity contribution in [2.24, 2.45) is 0 Å². The largest absolute Gasteiger partial charge is 0.504 e. The van der Waals surface area contributed by atoms with Gasteiger partial charge in [0.1, 0.15) is 11.6 Å². The minimum atomic E-state index is -3.06. The first-order chi connectivity index (χ1) is 9.35. The maximum absolute atomic E-state index is 13.9. The highest BCUT2D eigenvalue weighted by Crippen LogP contribution is 2.38. The first kappa shape index (κ1) is 14.3. The number of phenols is 1. The maximum Gasteiger partial charge on any atom is 0.296 e. The van der Waals surface area contributed by atoms with Crippen LogP contribution >= 0.6 is 0 Å². The molecule has 1 fully saturated rings. The number of anilines is 1. The van der Waals surface area contributed by atoms with Crippen molar-refractivity contribution in [3.63, 3.8) is 0 Å². The number of alkyl halides is 2. The molecule has 1 aliphatic rings. The number of rotatable bonds is 2. The molecule has 1 saturated heterocycles. The summed E-state index contributed by atoms with van der Waals surface area (Å²) >= 11 is 0. The van der Waals surface area contributed by atoms with Crippen LogP contribution in [0.25, 0.3) is 0 Å². The average molecular weight is 283 g/mol. The SMILES string of the molecule is CN1CCC(Oc2c(O)ccc(N)c2C#N)C(F)(F)C1. The van der Waals surface area contributed by atoms with E-state index in [0.29, 0.717) is 6.54 Å². The van der Waals surface area contributed by atoms with Crippen molar-refractivity contribution in [3.8, 4) is 17.6 Å². The van der Waals surface area contributed by atoms with Crippen LogP contribution in [0, 0.1) is 11.3 Å². The number of benzene rings is 1. The summed E-state index contributed by atoms with van der Waals surface area (Å²) in [6.45, 7) is 0.0217. The lowest BCUT2D eigenvalue weighted by Crippen LogP contribution is -2.52. The lowest BCUT2D eigenvalue weighted by atomic mass is 10.0. The lowest BCUT2D eigenvalue weighted by Gasteiger charge is -2.36. The third-order valence-corrected chi connectivity index (χ3v) is 3.27. The van der Waals surface area contributed by atoms with Crippen molar-refractivity contribution < 1.29 is 18.6 Å². The number of hydrogen-bond donors (Lipinski definition) is 2. The van der Waals surface area contributed by atoms with Crippen LogP contribution in [0.1, 0.15) is 12.0 Å². The van der Waals surface area contributed by atoms with E-state index in [1.165, 1.54) is 17.0 Å². The molecule has 0 amide bonds. The molecule has 1 atom stereocenters. The van der Waals surface area contributed by atoms with Crippen molar-refractivity contribution in [2.75, 3.05) is 25.9 Å². The van der Waals surface area contributed by atoms with Gasteiger partial charge in [0, 0.05) is 13.0 Å². The van der Waals surface area contributed by atoms with Crippen LogP contribution in [0.15, 0.2) is 12.1 Å². The Kier molecular flexibility index (Phi) is 3.68. The molecule has 1 aromatic rings. The van der Waals surface area contributed by atoms with Gasteiger partial charge in [0.15, 0.2) is 17.6 Å². The van der Waals surface area contributed by atoms with E-state index in [2.05, 4.69) is 0 Å². The van der Waals surface area contributed by atoms with Crippen LogP contribution in [0.5, 0.6) is 11.5 Å². The summed E-state index contributed by atoms with van der Waals surface area (Å²) in [6.07, 6.45) is -1.29. The summed E-state index contributed by atoms with van der Waals surface area (Å²) in [5.74, 6) is -3.70. The first-order valence-corrected chi connectivity index (χ1v) is 6.09. The molecule has 1 aliphatic heterocycles. The predicted octanol–water partition coefficient (Wildman–Crippen LogP) is 1.56. The van der Waals surface area contributed by atoms with Gasteiger partial charge in [0.05, 0.1) is 12.2 Å². The molecular weight excluding hydrogens is 268 g/mol. The van der Waals surface area contributed by atoms with Crippen molar-refractivity contribution in [3.05, 3.63) is 17.7 Å². The highest BCUT2D eigenvalue weighted by Gasteiger charge is 2.46. The molecular formula is C13H15F2N3O2. The predicted molar refractivity (Wildman–Crippen MR) is 68.7 cm³/mol. The third-order valence-electron chi connectivity index (χ3n) is 3.27. The number of likely N-dealkylation sites (tertiary alicyclic amines) is 1. The Balaban J connectivity index is 2.31. The number of ether oxygens (including phenoxy) is 1. The molecule has 0 aliphatic carbocycles. The van der Waals surface area contributed by atoms with Crippen LogP contribution in [0.4, 0.5) is 14.5 Å². The normalized spacial score (nSPS) is 22.2. The molecule has 1 heterocycles. The van der Waals surface area contributed by atoms with E-state index in [0.717, 1.165) is 0 Å². The van der Waals surface area contributed by atoms with Crippen LogP contribution < -0.4 is 10.5 Å². The highest BCUT2D eigenvalue weighted by molar-refractivity contribution is 5.65. The molecule has 2 rings (SSSR count). The number of aromatic hydroxyl groups is 1. The molecule has 3 N–H and O–H groups in total. The van der Waals surface area contributed by atoms with Crippen molar-refractivity contribution in [1.82, 2.24) is 4.90 Å². The summed E-state index contributed by atoms with van der Waals surface area (Å²) in [4.78, 5) is 1.50. The molecule has 20 heavy (non-hydrogen) atoms. The molecule has 0 aromatic heterocycles. The fourth-order valence-corrected chi connectivity index (χ4v) is 2.20. The van der Waals surface area contributed by atoms with Crippen molar-refractivity contribution in [1.29, 1.82) is 5.26 Å². The summed E-state index contributed by atoms with van der Waals surface area (Å²) in [5.41, 5.74) is 5.54. The molecule has 0 spiro atoms. The summed E-state index contributed by atoms with van der Waals surface area (Å²) in [6, 6.07) is 4.31. The van der Waals surface area contributed by atoms with Gasteiger partial charge in [-0.2, -0.15) is 5.26 Å². The van der Waals surface area contributed by atoms with E-state index in [4.69, 9.17) is 15.7 Å². The van der Waals surface area contributed by atoms with Crippen molar-refractivity contribution >= 4 is 5.69 Å². The van der Waals surface area contributed by atoms with Gasteiger partial charge >= 0.3 is 0 Å². The Morgan fingerprint density at radius 3 is 2.85 bits per heavy atom. The zero-order valence-electron chi connectivity index (χ0n) is 10.9. The van der Waals surface area contributed by atoms with Gasteiger partial charge < -0.3 is 20.5 Å². The number of nitrogen functional groups attached to an aromatic ring is 1. The number of nitrogens with zero attached hydrogens (tertiary/aromatic N) is 2. The number of piperidine rings is 1. The van der Waals surface area contributed by atoms with Gasteiger partial charge in [-0.05, 0) is 19.2 Å². The zero-order valence-corrected chi connectivity index (χ0v) is 10.9. The minimum absolute atomic E-state index is 0.0801. The van der Waals surface area contributed by atoms with Gasteiger partial charge in [0.25, 0.3) is 5.92 Å². The monoisotopic (exact) mass is 283 g/mol. The van der Waals surface area contributed by atoms with E-state index in [9.17, 15) is 13.9 Å². The number of hydrogen-bond acceptors (Lipinski definition) is 5. The van der Waals surface area contributed by atoms with E-state index in [-0.39, 0.29) is 29.2 Å². The van der Waals surface area contributed by atoms with Crippen molar-refractivity contribution in [2.45, 2.75) is 18.4 Å². The Bertz CT molecular complexity index is 557. The first-order valence-electron chi connectivity index (χ1n) is 6.09. The Morgan fingerprint density at radius 1 is 1.55 bits per heavy atom. The quantitative estimate of drug-likeness (QED) is 0.636.